The van der Waals surface area contributed by atoms with Crippen molar-refractivity contribution in [1.29, 1.82) is 0 Å². The van der Waals surface area contributed by atoms with Gasteiger partial charge < -0.3 is 0 Å². The highest BCUT2D eigenvalue weighted by atomic mass is 35.5. The van der Waals surface area contributed by atoms with E-state index in [4.69, 9.17) is 23.2 Å². The van der Waals surface area contributed by atoms with Gasteiger partial charge >= 0.3 is 0 Å². The van der Waals surface area contributed by atoms with Crippen molar-refractivity contribution >= 4 is 44.6 Å². The molecule has 0 aliphatic heterocycles. The molecule has 19 heavy (non-hydrogen) atoms. The number of fused-ring (bicyclic) bond motifs is 1. The lowest BCUT2D eigenvalue weighted by atomic mass is 10.1. The topological polar surface area (TPSA) is 0 Å². The van der Waals surface area contributed by atoms with Crippen molar-refractivity contribution in [3.63, 3.8) is 0 Å². The molecule has 3 heteroatoms. The van der Waals surface area contributed by atoms with E-state index in [1.807, 2.05) is 18.2 Å². The number of hydrogen-bond donors (Lipinski definition) is 0. The Bertz CT molecular complexity index is 670. The van der Waals surface area contributed by atoms with Crippen LogP contribution >= 0.6 is 34.5 Å². The number of rotatable bonds is 3. The van der Waals surface area contributed by atoms with Crippen LogP contribution in [0, 0.1) is 0 Å². The van der Waals surface area contributed by atoms with Crippen LogP contribution in [0.4, 0.5) is 0 Å². The SMILES string of the molecule is Clc1cccc(CC(Cl)c2cc3ccccc3s2)c1. The fourth-order valence-corrected chi connectivity index (χ4v) is 3.76. The van der Waals surface area contributed by atoms with Crippen molar-refractivity contribution in [3.8, 4) is 0 Å². The first kappa shape index (κ1) is 13.0. The summed E-state index contributed by atoms with van der Waals surface area (Å²) >= 11 is 14.3. The predicted molar refractivity (Wildman–Crippen MR) is 85.6 cm³/mol. The monoisotopic (exact) mass is 306 g/mol. The standard InChI is InChI=1S/C16H12Cl2S/c17-13-6-3-4-11(8-13)9-14(18)16-10-12-5-1-2-7-15(12)19-16/h1-8,10,14H,9H2. The minimum atomic E-state index is -0.00383. The van der Waals surface area contributed by atoms with Gasteiger partial charge in [0.1, 0.15) is 0 Å². The Labute approximate surface area is 126 Å². The molecule has 3 aromatic rings. The second-order valence-corrected chi connectivity index (χ2v) is 6.57. The molecule has 0 radical (unpaired) electrons. The molecular weight excluding hydrogens is 295 g/mol. The van der Waals surface area contributed by atoms with Gasteiger partial charge in [0.15, 0.2) is 0 Å². The lowest BCUT2D eigenvalue weighted by Crippen LogP contribution is -1.93. The summed E-state index contributed by atoms with van der Waals surface area (Å²) in [6.07, 6.45) is 0.801. The Kier molecular flexibility index (Phi) is 3.79. The molecule has 0 aliphatic carbocycles. The van der Waals surface area contributed by atoms with Crippen LogP contribution in [0.15, 0.2) is 54.6 Å². The van der Waals surface area contributed by atoms with E-state index in [2.05, 4.69) is 36.4 Å². The Morgan fingerprint density at radius 2 is 1.84 bits per heavy atom. The van der Waals surface area contributed by atoms with Gasteiger partial charge in [-0.1, -0.05) is 41.9 Å². The molecule has 1 unspecified atom stereocenters. The molecule has 0 saturated heterocycles. The molecule has 3 rings (SSSR count). The van der Waals surface area contributed by atoms with Crippen molar-refractivity contribution in [2.75, 3.05) is 0 Å². The fourth-order valence-electron chi connectivity index (χ4n) is 2.13. The van der Waals surface area contributed by atoms with E-state index in [1.165, 1.54) is 20.5 Å². The highest BCUT2D eigenvalue weighted by molar-refractivity contribution is 7.19. The summed E-state index contributed by atoms with van der Waals surface area (Å²) in [6.45, 7) is 0. The quantitative estimate of drug-likeness (QED) is 0.515. The van der Waals surface area contributed by atoms with Crippen LogP contribution in [0.5, 0.6) is 0 Å². The summed E-state index contributed by atoms with van der Waals surface area (Å²) in [5.41, 5.74) is 1.17. The maximum atomic E-state index is 6.53. The van der Waals surface area contributed by atoms with Crippen LogP contribution in [-0.4, -0.2) is 0 Å². The molecule has 0 saturated carbocycles. The van der Waals surface area contributed by atoms with Crippen LogP contribution in [0.25, 0.3) is 10.1 Å². The molecule has 0 amide bonds. The minimum Gasteiger partial charge on any atom is -0.139 e. The molecule has 1 heterocycles. The zero-order valence-corrected chi connectivity index (χ0v) is 12.5. The Morgan fingerprint density at radius 3 is 2.63 bits per heavy atom. The van der Waals surface area contributed by atoms with Crippen molar-refractivity contribution in [3.05, 3.63) is 70.1 Å². The van der Waals surface area contributed by atoms with Crippen LogP contribution in [0.3, 0.4) is 0 Å². The molecule has 0 spiro atoms. The normalized spacial score (nSPS) is 12.7. The number of thiophene rings is 1. The summed E-state index contributed by atoms with van der Waals surface area (Å²) < 4.78 is 1.29. The molecule has 0 fully saturated rings. The third-order valence-electron chi connectivity index (χ3n) is 3.06. The average molecular weight is 307 g/mol. The third-order valence-corrected chi connectivity index (χ3v) is 5.04. The molecule has 0 bridgehead atoms. The van der Waals surface area contributed by atoms with E-state index in [1.54, 1.807) is 11.3 Å². The van der Waals surface area contributed by atoms with Crippen LogP contribution in [0.1, 0.15) is 15.8 Å². The summed E-state index contributed by atoms with van der Waals surface area (Å²) in [5, 5.41) is 2.02. The van der Waals surface area contributed by atoms with E-state index in [9.17, 15) is 0 Å². The molecule has 1 aromatic heterocycles. The number of hydrogen-bond acceptors (Lipinski definition) is 1. The lowest BCUT2D eigenvalue weighted by Gasteiger charge is -2.07. The number of halogens is 2. The van der Waals surface area contributed by atoms with Gasteiger partial charge in [-0.3, -0.25) is 0 Å². The molecule has 0 aliphatic rings. The molecule has 0 nitrogen and oxygen atoms in total. The van der Waals surface area contributed by atoms with E-state index >= 15 is 0 Å². The maximum absolute atomic E-state index is 6.53. The van der Waals surface area contributed by atoms with E-state index in [0.29, 0.717) is 0 Å². The fraction of sp³-hybridized carbons (Fsp3) is 0.125. The van der Waals surface area contributed by atoms with Crippen LogP contribution in [0.2, 0.25) is 5.02 Å². The Balaban J connectivity index is 1.85. The van der Waals surface area contributed by atoms with Crippen molar-refractivity contribution in [1.82, 2.24) is 0 Å². The second kappa shape index (κ2) is 5.54. The zero-order chi connectivity index (χ0) is 13.2. The Hall–Kier alpha value is -1.02. The van der Waals surface area contributed by atoms with Crippen LogP contribution < -0.4 is 0 Å². The largest absolute Gasteiger partial charge is 0.139 e. The third kappa shape index (κ3) is 2.94. The first-order valence-electron chi connectivity index (χ1n) is 6.09. The highest BCUT2D eigenvalue weighted by Crippen LogP contribution is 2.35. The summed E-state index contributed by atoms with van der Waals surface area (Å²) in [4.78, 5) is 1.21. The molecule has 2 aromatic carbocycles. The molecule has 1 atom stereocenters. The first-order chi connectivity index (χ1) is 9.22. The van der Waals surface area contributed by atoms with E-state index < -0.39 is 0 Å². The van der Waals surface area contributed by atoms with Crippen molar-refractivity contribution in [2.45, 2.75) is 11.8 Å². The van der Waals surface area contributed by atoms with Gasteiger partial charge in [-0.05, 0) is 41.6 Å². The average Bonchev–Trinajstić information content (AvgIpc) is 2.82. The summed E-state index contributed by atoms with van der Waals surface area (Å²) in [5.74, 6) is 0. The predicted octanol–water partition coefficient (Wildman–Crippen LogP) is 6.08. The summed E-state index contributed by atoms with van der Waals surface area (Å²) in [7, 11) is 0. The van der Waals surface area contributed by atoms with Crippen molar-refractivity contribution in [2.24, 2.45) is 0 Å². The van der Waals surface area contributed by atoms with E-state index in [0.717, 1.165) is 11.4 Å². The molecular formula is C16H12Cl2S. The van der Waals surface area contributed by atoms with Gasteiger partial charge in [-0.15, -0.1) is 22.9 Å². The maximum Gasteiger partial charge on any atom is 0.0719 e. The lowest BCUT2D eigenvalue weighted by molar-refractivity contribution is 0.941. The van der Waals surface area contributed by atoms with Crippen LogP contribution in [-0.2, 0) is 6.42 Å². The van der Waals surface area contributed by atoms with E-state index in [-0.39, 0.29) is 5.38 Å². The minimum absolute atomic E-state index is 0.00383. The first-order valence-corrected chi connectivity index (χ1v) is 7.72. The smallest absolute Gasteiger partial charge is 0.0719 e. The second-order valence-electron chi connectivity index (χ2n) is 4.49. The van der Waals surface area contributed by atoms with Gasteiger partial charge in [0, 0.05) is 14.6 Å². The Morgan fingerprint density at radius 1 is 1.00 bits per heavy atom. The highest BCUT2D eigenvalue weighted by Gasteiger charge is 2.12. The van der Waals surface area contributed by atoms with Crippen molar-refractivity contribution < 1.29 is 0 Å². The summed E-state index contributed by atoms with van der Waals surface area (Å²) in [6, 6.07) is 18.4. The molecule has 0 N–H and O–H groups in total. The van der Waals surface area contributed by atoms with Gasteiger partial charge in [-0.25, -0.2) is 0 Å². The zero-order valence-electron chi connectivity index (χ0n) is 10.1. The van der Waals surface area contributed by atoms with Gasteiger partial charge in [-0.2, -0.15) is 0 Å². The number of alkyl halides is 1. The van der Waals surface area contributed by atoms with Gasteiger partial charge in [0.2, 0.25) is 0 Å². The molecule has 96 valence electrons. The van der Waals surface area contributed by atoms with Gasteiger partial charge in [0.05, 0.1) is 5.38 Å². The van der Waals surface area contributed by atoms with Gasteiger partial charge in [0.25, 0.3) is 0 Å². The number of benzene rings is 2.